The van der Waals surface area contributed by atoms with E-state index in [1.807, 2.05) is 0 Å². The number of nitrogens with zero attached hydrogens (tertiary/aromatic N) is 2. The second-order valence-corrected chi connectivity index (χ2v) is 4.27. The number of hydrazine groups is 1. The van der Waals surface area contributed by atoms with E-state index in [4.69, 9.17) is 5.84 Å². The molecule has 2 N–H and O–H groups in total. The Morgan fingerprint density at radius 3 is 2.60 bits per heavy atom. The zero-order valence-electron chi connectivity index (χ0n) is 8.76. The van der Waals surface area contributed by atoms with Crippen molar-refractivity contribution in [2.45, 2.75) is 37.8 Å². The Morgan fingerprint density at radius 2 is 2.00 bits per heavy atom. The molecule has 2 rings (SSSR count). The van der Waals surface area contributed by atoms with E-state index in [1.54, 1.807) is 9.91 Å². The summed E-state index contributed by atoms with van der Waals surface area (Å²) in [5, 5.41) is 1.60. The Morgan fingerprint density at radius 1 is 1.27 bits per heavy atom. The zero-order chi connectivity index (χ0) is 10.8. The third kappa shape index (κ3) is 1.89. The van der Waals surface area contributed by atoms with Crippen LogP contribution in [-0.2, 0) is 9.59 Å². The second kappa shape index (κ2) is 4.28. The lowest BCUT2D eigenvalue weighted by Crippen LogP contribution is -2.50. The van der Waals surface area contributed by atoms with Crippen molar-refractivity contribution >= 4 is 12.2 Å². The van der Waals surface area contributed by atoms with Crippen LogP contribution in [0.15, 0.2) is 0 Å². The molecule has 2 saturated heterocycles. The molecule has 84 valence electrons. The lowest BCUT2D eigenvalue weighted by Gasteiger charge is -2.27. The number of carbonyl (C=O) groups is 2. The fourth-order valence-corrected chi connectivity index (χ4v) is 2.45. The molecule has 2 atom stereocenters. The fourth-order valence-electron chi connectivity index (χ4n) is 2.45. The first-order valence-corrected chi connectivity index (χ1v) is 5.51. The number of aldehydes is 1. The summed E-state index contributed by atoms with van der Waals surface area (Å²) < 4.78 is 0. The predicted octanol–water partition coefficient (Wildman–Crippen LogP) is -0.486. The van der Waals surface area contributed by atoms with E-state index in [0.717, 1.165) is 38.5 Å². The summed E-state index contributed by atoms with van der Waals surface area (Å²) in [7, 11) is 0. The van der Waals surface area contributed by atoms with Crippen LogP contribution in [0.5, 0.6) is 0 Å². The van der Waals surface area contributed by atoms with Crippen molar-refractivity contribution in [2.24, 2.45) is 5.84 Å². The fraction of sp³-hybridized carbons (Fsp3) is 0.800. The third-order valence-electron chi connectivity index (χ3n) is 3.32. The number of nitrogens with two attached hydrogens (primary N) is 1. The highest BCUT2D eigenvalue weighted by atomic mass is 16.2. The minimum absolute atomic E-state index is 0.0320. The molecule has 0 aromatic rings. The lowest BCUT2D eigenvalue weighted by atomic mass is 10.2. The first-order chi connectivity index (χ1) is 7.24. The number of rotatable bonds is 2. The average Bonchev–Trinajstić information content (AvgIpc) is 2.84. The first-order valence-electron chi connectivity index (χ1n) is 5.51. The molecule has 2 fully saturated rings. The molecular formula is C10H17N3O2. The maximum Gasteiger partial charge on any atom is 0.241 e. The first kappa shape index (κ1) is 10.6. The monoisotopic (exact) mass is 211 g/mol. The number of hydrogen-bond donors (Lipinski definition) is 1. The molecule has 0 unspecified atom stereocenters. The van der Waals surface area contributed by atoms with Crippen molar-refractivity contribution in [3.05, 3.63) is 0 Å². The van der Waals surface area contributed by atoms with E-state index >= 15 is 0 Å². The topological polar surface area (TPSA) is 66.6 Å². The van der Waals surface area contributed by atoms with Gasteiger partial charge in [-0.15, -0.1) is 0 Å². The highest BCUT2D eigenvalue weighted by molar-refractivity contribution is 5.85. The van der Waals surface area contributed by atoms with Gasteiger partial charge in [0.1, 0.15) is 12.3 Å². The van der Waals surface area contributed by atoms with Crippen LogP contribution in [0.4, 0.5) is 0 Å². The van der Waals surface area contributed by atoms with Gasteiger partial charge in [0.15, 0.2) is 0 Å². The van der Waals surface area contributed by atoms with Crippen LogP contribution in [0.2, 0.25) is 0 Å². The summed E-state index contributed by atoms with van der Waals surface area (Å²) in [6.07, 6.45) is 4.38. The van der Waals surface area contributed by atoms with Crippen molar-refractivity contribution in [3.8, 4) is 0 Å². The molecule has 0 bridgehead atoms. The molecule has 0 radical (unpaired) electrons. The molecule has 0 saturated carbocycles. The summed E-state index contributed by atoms with van der Waals surface area (Å²) >= 11 is 0. The Hall–Kier alpha value is -0.940. The van der Waals surface area contributed by atoms with Crippen LogP contribution in [0, 0.1) is 0 Å². The van der Waals surface area contributed by atoms with Gasteiger partial charge in [0.05, 0.1) is 6.04 Å². The van der Waals surface area contributed by atoms with Gasteiger partial charge in [0.25, 0.3) is 0 Å². The molecule has 2 aliphatic heterocycles. The largest absolute Gasteiger partial charge is 0.332 e. The Balaban J connectivity index is 2.03. The molecular weight excluding hydrogens is 194 g/mol. The molecule has 0 aromatic heterocycles. The molecule has 0 spiro atoms. The number of hydrogen-bond acceptors (Lipinski definition) is 4. The minimum atomic E-state index is -0.216. The minimum Gasteiger partial charge on any atom is -0.332 e. The Bertz CT molecular complexity index is 269. The molecule has 15 heavy (non-hydrogen) atoms. The van der Waals surface area contributed by atoms with Crippen LogP contribution in [0.1, 0.15) is 25.7 Å². The van der Waals surface area contributed by atoms with Crippen molar-refractivity contribution in [1.29, 1.82) is 0 Å². The van der Waals surface area contributed by atoms with Crippen molar-refractivity contribution in [1.82, 2.24) is 9.91 Å². The van der Waals surface area contributed by atoms with Crippen LogP contribution < -0.4 is 5.84 Å². The van der Waals surface area contributed by atoms with Crippen LogP contribution >= 0.6 is 0 Å². The van der Waals surface area contributed by atoms with E-state index in [0.29, 0.717) is 6.54 Å². The van der Waals surface area contributed by atoms with Gasteiger partial charge in [-0.2, -0.15) is 0 Å². The quantitative estimate of drug-likeness (QED) is 0.494. The second-order valence-electron chi connectivity index (χ2n) is 4.27. The predicted molar refractivity (Wildman–Crippen MR) is 54.7 cm³/mol. The van der Waals surface area contributed by atoms with Crippen molar-refractivity contribution in [3.63, 3.8) is 0 Å². The van der Waals surface area contributed by atoms with Gasteiger partial charge in [0.2, 0.25) is 5.91 Å². The number of likely N-dealkylation sites (tertiary alicyclic amines) is 1. The van der Waals surface area contributed by atoms with E-state index in [1.165, 1.54) is 0 Å². The van der Waals surface area contributed by atoms with Gasteiger partial charge in [-0.3, -0.25) is 10.6 Å². The molecule has 5 heteroatoms. The smallest absolute Gasteiger partial charge is 0.241 e. The Kier molecular flexibility index (Phi) is 3.02. The van der Waals surface area contributed by atoms with E-state index in [-0.39, 0.29) is 18.0 Å². The van der Waals surface area contributed by atoms with E-state index in [2.05, 4.69) is 0 Å². The summed E-state index contributed by atoms with van der Waals surface area (Å²) in [6.45, 7) is 1.47. The molecule has 2 heterocycles. The van der Waals surface area contributed by atoms with Crippen molar-refractivity contribution in [2.75, 3.05) is 13.1 Å². The molecule has 5 nitrogen and oxygen atoms in total. The standard InChI is InChI=1S/C10H17N3O2/c11-13-6-2-4-9(13)10(15)12-5-1-3-8(12)7-14/h7-9H,1-6,11H2/t8-,9+/m1/s1. The average molecular weight is 211 g/mol. The number of carbonyl (C=O) groups excluding carboxylic acids is 2. The van der Waals surface area contributed by atoms with Gasteiger partial charge in [-0.05, 0) is 25.7 Å². The third-order valence-corrected chi connectivity index (χ3v) is 3.32. The maximum atomic E-state index is 12.1. The van der Waals surface area contributed by atoms with Crippen LogP contribution in [0.25, 0.3) is 0 Å². The summed E-state index contributed by atoms with van der Waals surface area (Å²) in [5.74, 6) is 5.76. The van der Waals surface area contributed by atoms with E-state index < -0.39 is 0 Å². The molecule has 0 aliphatic carbocycles. The summed E-state index contributed by atoms with van der Waals surface area (Å²) in [6, 6.07) is -0.419. The van der Waals surface area contributed by atoms with Gasteiger partial charge < -0.3 is 9.69 Å². The normalized spacial score (nSPS) is 32.2. The van der Waals surface area contributed by atoms with Crippen LogP contribution in [-0.4, -0.2) is 47.3 Å². The highest BCUT2D eigenvalue weighted by Crippen LogP contribution is 2.21. The summed E-state index contributed by atoms with van der Waals surface area (Å²) in [4.78, 5) is 24.5. The Labute approximate surface area is 89.2 Å². The van der Waals surface area contributed by atoms with Crippen LogP contribution in [0.3, 0.4) is 0 Å². The maximum absolute atomic E-state index is 12.1. The van der Waals surface area contributed by atoms with Gasteiger partial charge in [-0.25, -0.2) is 5.01 Å². The SMILES string of the molecule is NN1CCC[C@H]1C(=O)N1CCC[C@@H]1C=O. The molecule has 2 aliphatic rings. The highest BCUT2D eigenvalue weighted by Gasteiger charge is 2.36. The van der Waals surface area contributed by atoms with Gasteiger partial charge in [-0.1, -0.05) is 0 Å². The lowest BCUT2D eigenvalue weighted by molar-refractivity contribution is -0.138. The molecule has 0 aromatic carbocycles. The summed E-state index contributed by atoms with van der Waals surface area (Å²) in [5.41, 5.74) is 0. The van der Waals surface area contributed by atoms with Crippen molar-refractivity contribution < 1.29 is 9.59 Å². The van der Waals surface area contributed by atoms with Gasteiger partial charge in [0, 0.05) is 13.1 Å². The number of amides is 1. The van der Waals surface area contributed by atoms with E-state index in [9.17, 15) is 9.59 Å². The zero-order valence-corrected chi connectivity index (χ0v) is 8.76. The molecule has 1 amide bonds. The van der Waals surface area contributed by atoms with Gasteiger partial charge >= 0.3 is 0 Å².